The molecule has 2 aromatic rings. The van der Waals surface area contributed by atoms with Gasteiger partial charge in [0.25, 0.3) is 0 Å². The van der Waals surface area contributed by atoms with Gasteiger partial charge in [-0.3, -0.25) is 4.90 Å². The summed E-state index contributed by atoms with van der Waals surface area (Å²) in [6.45, 7) is 5.58. The quantitative estimate of drug-likeness (QED) is 0.853. The van der Waals surface area contributed by atoms with Crippen molar-refractivity contribution in [2.75, 3.05) is 19.7 Å². The van der Waals surface area contributed by atoms with Crippen LogP contribution >= 0.6 is 0 Å². The van der Waals surface area contributed by atoms with E-state index < -0.39 is 0 Å². The third-order valence-electron chi connectivity index (χ3n) is 3.72. The van der Waals surface area contributed by atoms with E-state index in [0.717, 1.165) is 31.9 Å². The molecule has 1 aliphatic heterocycles. The number of ether oxygens (including phenoxy) is 1. The Morgan fingerprint density at radius 2 is 2.20 bits per heavy atom. The maximum absolute atomic E-state index is 5.94. The number of morpholine rings is 1. The predicted octanol–water partition coefficient (Wildman–Crippen LogP) is 1.70. The van der Waals surface area contributed by atoms with Gasteiger partial charge in [0.05, 0.1) is 24.6 Å². The molecule has 1 saturated heterocycles. The molecule has 3 rings (SSSR count). The van der Waals surface area contributed by atoms with Crippen molar-refractivity contribution in [3.05, 3.63) is 47.3 Å². The largest absolute Gasteiger partial charge is 0.371 e. The van der Waals surface area contributed by atoms with Crippen molar-refractivity contribution < 1.29 is 4.74 Å². The Morgan fingerprint density at radius 1 is 1.35 bits per heavy atom. The summed E-state index contributed by atoms with van der Waals surface area (Å²) in [5.74, 6) is 0. The maximum atomic E-state index is 5.94. The molecule has 0 saturated carbocycles. The summed E-state index contributed by atoms with van der Waals surface area (Å²) >= 11 is 0. The molecule has 0 radical (unpaired) electrons. The number of nitrogens with zero attached hydrogens (tertiary/aromatic N) is 4. The van der Waals surface area contributed by atoms with Crippen molar-refractivity contribution in [2.45, 2.75) is 19.6 Å². The van der Waals surface area contributed by atoms with Crippen LogP contribution in [0.1, 0.15) is 22.9 Å². The summed E-state index contributed by atoms with van der Waals surface area (Å²) in [6, 6.07) is 8.44. The van der Waals surface area contributed by atoms with Crippen LogP contribution in [0.15, 0.2) is 30.5 Å². The topological polar surface area (TPSA) is 43.2 Å². The van der Waals surface area contributed by atoms with E-state index in [1.807, 2.05) is 13.2 Å². The molecule has 1 aromatic carbocycles. The Bertz CT molecular complexity index is 581. The predicted molar refractivity (Wildman–Crippen MR) is 76.2 cm³/mol. The Hall–Kier alpha value is -1.72. The molecule has 1 fully saturated rings. The first-order valence-electron chi connectivity index (χ1n) is 6.97. The minimum Gasteiger partial charge on any atom is -0.371 e. The van der Waals surface area contributed by atoms with Crippen molar-refractivity contribution >= 4 is 0 Å². The lowest BCUT2D eigenvalue weighted by Gasteiger charge is -2.33. The maximum Gasteiger partial charge on any atom is 0.0967 e. The molecule has 1 aliphatic rings. The van der Waals surface area contributed by atoms with Gasteiger partial charge < -0.3 is 4.74 Å². The highest BCUT2D eigenvalue weighted by Gasteiger charge is 2.23. The van der Waals surface area contributed by atoms with Crippen LogP contribution in [-0.2, 0) is 18.3 Å². The Kier molecular flexibility index (Phi) is 3.80. The molecule has 5 nitrogen and oxygen atoms in total. The molecule has 1 atom stereocenters. The molecule has 5 heteroatoms. The van der Waals surface area contributed by atoms with Gasteiger partial charge in [-0.2, -0.15) is 15.0 Å². The lowest BCUT2D eigenvalue weighted by atomic mass is 10.0. The molecule has 0 amide bonds. The average Bonchev–Trinajstić information content (AvgIpc) is 2.85. The minimum atomic E-state index is 0.154. The van der Waals surface area contributed by atoms with Crippen molar-refractivity contribution in [3.8, 4) is 0 Å². The molecule has 106 valence electrons. The molecule has 1 unspecified atom stereocenters. The van der Waals surface area contributed by atoms with E-state index in [2.05, 4.69) is 46.3 Å². The highest BCUT2D eigenvalue weighted by atomic mass is 16.5. The van der Waals surface area contributed by atoms with Crippen molar-refractivity contribution in [1.82, 2.24) is 19.9 Å². The van der Waals surface area contributed by atoms with Gasteiger partial charge in [0.2, 0.25) is 0 Å². The van der Waals surface area contributed by atoms with E-state index in [4.69, 9.17) is 4.74 Å². The molecular weight excluding hydrogens is 252 g/mol. The monoisotopic (exact) mass is 272 g/mol. The number of aromatic nitrogens is 3. The highest BCUT2D eigenvalue weighted by Crippen LogP contribution is 2.25. The third kappa shape index (κ3) is 2.89. The molecule has 20 heavy (non-hydrogen) atoms. The van der Waals surface area contributed by atoms with E-state index in [1.54, 1.807) is 4.80 Å². The second-order valence-corrected chi connectivity index (χ2v) is 5.28. The smallest absolute Gasteiger partial charge is 0.0967 e. The zero-order valence-corrected chi connectivity index (χ0v) is 12.0. The second kappa shape index (κ2) is 5.73. The zero-order valence-electron chi connectivity index (χ0n) is 12.0. The average molecular weight is 272 g/mol. The van der Waals surface area contributed by atoms with E-state index in [1.165, 1.54) is 11.1 Å². The lowest BCUT2D eigenvalue weighted by Crippen LogP contribution is -2.38. The molecular formula is C15H20N4O. The summed E-state index contributed by atoms with van der Waals surface area (Å²) in [5.41, 5.74) is 3.59. The van der Waals surface area contributed by atoms with Gasteiger partial charge in [0.1, 0.15) is 0 Å². The van der Waals surface area contributed by atoms with Gasteiger partial charge in [0.15, 0.2) is 0 Å². The number of benzene rings is 1. The standard InChI is InChI=1S/C15H20N4O/c1-12-5-3-4-6-14(12)15-11-19(7-8-20-15)10-13-9-16-18(2)17-13/h3-6,9,15H,7-8,10-11H2,1-2H3. The van der Waals surface area contributed by atoms with Crippen molar-refractivity contribution in [3.63, 3.8) is 0 Å². The van der Waals surface area contributed by atoms with Gasteiger partial charge >= 0.3 is 0 Å². The van der Waals surface area contributed by atoms with E-state index in [9.17, 15) is 0 Å². The van der Waals surface area contributed by atoms with Crippen LogP contribution in [0.4, 0.5) is 0 Å². The van der Waals surface area contributed by atoms with Crippen LogP contribution in [0.25, 0.3) is 0 Å². The first-order valence-corrected chi connectivity index (χ1v) is 6.97. The van der Waals surface area contributed by atoms with Gasteiger partial charge in [-0.25, -0.2) is 0 Å². The fourth-order valence-electron chi connectivity index (χ4n) is 2.67. The second-order valence-electron chi connectivity index (χ2n) is 5.28. The molecule has 1 aromatic heterocycles. The van der Waals surface area contributed by atoms with E-state index in [0.29, 0.717) is 0 Å². The molecule has 2 heterocycles. The summed E-state index contributed by atoms with van der Waals surface area (Å²) < 4.78 is 5.94. The molecule has 0 bridgehead atoms. The lowest BCUT2D eigenvalue weighted by molar-refractivity contribution is -0.0336. The molecule has 0 spiro atoms. The van der Waals surface area contributed by atoms with Gasteiger partial charge in [-0.05, 0) is 18.1 Å². The first-order chi connectivity index (χ1) is 9.72. The number of hydrogen-bond acceptors (Lipinski definition) is 4. The summed E-state index contributed by atoms with van der Waals surface area (Å²) in [6.07, 6.45) is 1.99. The van der Waals surface area contributed by atoms with E-state index >= 15 is 0 Å². The Labute approximate surface area is 119 Å². The van der Waals surface area contributed by atoms with Crippen LogP contribution < -0.4 is 0 Å². The summed E-state index contributed by atoms with van der Waals surface area (Å²) in [7, 11) is 1.85. The molecule has 0 N–H and O–H groups in total. The SMILES string of the molecule is Cc1ccccc1C1CN(Cc2cnn(C)n2)CCO1. The summed E-state index contributed by atoms with van der Waals surface area (Å²) in [4.78, 5) is 3.99. The fraction of sp³-hybridized carbons (Fsp3) is 0.467. The minimum absolute atomic E-state index is 0.154. The van der Waals surface area contributed by atoms with Crippen LogP contribution in [0, 0.1) is 6.92 Å². The van der Waals surface area contributed by atoms with Gasteiger partial charge in [-0.15, -0.1) is 0 Å². The van der Waals surface area contributed by atoms with Gasteiger partial charge in [-0.1, -0.05) is 24.3 Å². The third-order valence-corrected chi connectivity index (χ3v) is 3.72. The number of rotatable bonds is 3. The van der Waals surface area contributed by atoms with Crippen LogP contribution in [0.2, 0.25) is 0 Å². The highest BCUT2D eigenvalue weighted by molar-refractivity contribution is 5.28. The Morgan fingerprint density at radius 3 is 2.95 bits per heavy atom. The van der Waals surface area contributed by atoms with E-state index in [-0.39, 0.29) is 6.10 Å². The normalized spacial score (nSPS) is 20.2. The van der Waals surface area contributed by atoms with Gasteiger partial charge in [0, 0.05) is 26.7 Å². The summed E-state index contributed by atoms with van der Waals surface area (Å²) in [5, 5.41) is 8.46. The van der Waals surface area contributed by atoms with Crippen LogP contribution in [-0.4, -0.2) is 39.6 Å². The van der Waals surface area contributed by atoms with Crippen LogP contribution in [0.3, 0.4) is 0 Å². The number of hydrogen-bond donors (Lipinski definition) is 0. The van der Waals surface area contributed by atoms with Crippen molar-refractivity contribution in [1.29, 1.82) is 0 Å². The zero-order chi connectivity index (χ0) is 13.9. The Balaban J connectivity index is 1.69. The van der Waals surface area contributed by atoms with Crippen LogP contribution in [0.5, 0.6) is 0 Å². The molecule has 0 aliphatic carbocycles. The fourth-order valence-corrected chi connectivity index (χ4v) is 2.67. The van der Waals surface area contributed by atoms with Crippen molar-refractivity contribution in [2.24, 2.45) is 7.05 Å². The number of aryl methyl sites for hydroxylation is 2. The first kappa shape index (κ1) is 13.3.